The molecule has 0 saturated heterocycles. The van der Waals surface area contributed by atoms with Crippen LogP contribution in [0.4, 0.5) is 5.69 Å². The summed E-state index contributed by atoms with van der Waals surface area (Å²) in [5.41, 5.74) is 7.79. The molecule has 0 saturated carbocycles. The minimum Gasteiger partial charge on any atom is -0.505 e. The summed E-state index contributed by atoms with van der Waals surface area (Å²) in [6.07, 6.45) is 0.590. The number of carbonyl (C=O) groups is 1. The quantitative estimate of drug-likeness (QED) is 0.507. The molecule has 0 aliphatic heterocycles. The van der Waals surface area contributed by atoms with Crippen molar-refractivity contribution in [2.45, 2.75) is 26.3 Å². The number of rotatable bonds is 4. The number of hydrogen-bond acceptors (Lipinski definition) is 4. The number of phenols is 1. The largest absolute Gasteiger partial charge is 0.505 e. The molecule has 0 aliphatic rings. The topological polar surface area (TPSA) is 88.2 Å². The Morgan fingerprint density at radius 3 is 2.71 bits per heavy atom. The molecule has 1 heterocycles. The van der Waals surface area contributed by atoms with Crippen LogP contribution < -0.4 is 11.1 Å². The van der Waals surface area contributed by atoms with Crippen LogP contribution in [-0.2, 0) is 4.79 Å². The van der Waals surface area contributed by atoms with E-state index in [4.69, 9.17) is 5.73 Å². The van der Waals surface area contributed by atoms with Crippen molar-refractivity contribution < 1.29 is 9.90 Å². The first kappa shape index (κ1) is 16.2. The number of aromatic nitrogens is 1. The number of benzene rings is 2. The molecule has 2 aromatic carbocycles. The van der Waals surface area contributed by atoms with Gasteiger partial charge < -0.3 is 16.2 Å². The lowest BCUT2D eigenvalue weighted by Gasteiger charge is -2.15. The SMILES string of the molecule is CC(C)C[C@H](N)C(=O)Nc1ccc2nc3ccccc3cc2c1O. The number of aromatic hydroxyl groups is 1. The number of amides is 1. The van der Waals surface area contributed by atoms with Crippen LogP contribution in [0, 0.1) is 5.92 Å². The van der Waals surface area contributed by atoms with Gasteiger partial charge >= 0.3 is 0 Å². The predicted octanol–water partition coefficient (Wildman–Crippen LogP) is 3.41. The van der Waals surface area contributed by atoms with E-state index < -0.39 is 6.04 Å². The van der Waals surface area contributed by atoms with Crippen LogP contribution in [0.25, 0.3) is 21.8 Å². The van der Waals surface area contributed by atoms with Crippen LogP contribution in [0.2, 0.25) is 0 Å². The lowest BCUT2D eigenvalue weighted by atomic mass is 10.0. The molecule has 5 nitrogen and oxygen atoms in total. The van der Waals surface area contributed by atoms with Gasteiger partial charge in [0.15, 0.2) is 0 Å². The number of para-hydroxylation sites is 1. The smallest absolute Gasteiger partial charge is 0.241 e. The van der Waals surface area contributed by atoms with Gasteiger partial charge in [-0.2, -0.15) is 0 Å². The highest BCUT2D eigenvalue weighted by Crippen LogP contribution is 2.33. The number of nitrogens with two attached hydrogens (primary N) is 1. The van der Waals surface area contributed by atoms with Gasteiger partial charge in [-0.15, -0.1) is 0 Å². The third-order valence-corrected chi connectivity index (χ3v) is 3.99. The summed E-state index contributed by atoms with van der Waals surface area (Å²) in [7, 11) is 0. The van der Waals surface area contributed by atoms with E-state index in [0.717, 1.165) is 10.9 Å². The molecule has 24 heavy (non-hydrogen) atoms. The second-order valence-electron chi connectivity index (χ2n) is 6.43. The van der Waals surface area contributed by atoms with E-state index >= 15 is 0 Å². The Morgan fingerprint density at radius 2 is 1.96 bits per heavy atom. The van der Waals surface area contributed by atoms with Gasteiger partial charge in [-0.1, -0.05) is 32.0 Å². The number of carbonyl (C=O) groups excluding carboxylic acids is 1. The normalized spacial score (nSPS) is 12.7. The van der Waals surface area contributed by atoms with Gasteiger partial charge in [-0.3, -0.25) is 4.79 Å². The van der Waals surface area contributed by atoms with Gasteiger partial charge in [-0.05, 0) is 36.6 Å². The number of nitrogens with one attached hydrogen (secondary N) is 1. The highest BCUT2D eigenvalue weighted by Gasteiger charge is 2.17. The monoisotopic (exact) mass is 323 g/mol. The summed E-state index contributed by atoms with van der Waals surface area (Å²) in [6, 6.07) is 12.4. The molecule has 124 valence electrons. The van der Waals surface area contributed by atoms with E-state index in [9.17, 15) is 9.90 Å². The third kappa shape index (κ3) is 3.16. The van der Waals surface area contributed by atoms with Gasteiger partial charge in [0, 0.05) is 10.8 Å². The number of fused-ring (bicyclic) bond motifs is 2. The molecule has 0 aliphatic carbocycles. The lowest BCUT2D eigenvalue weighted by molar-refractivity contribution is -0.117. The Kier molecular flexibility index (Phi) is 4.36. The van der Waals surface area contributed by atoms with Crippen molar-refractivity contribution >= 4 is 33.4 Å². The Balaban J connectivity index is 1.96. The van der Waals surface area contributed by atoms with E-state index in [-0.39, 0.29) is 11.7 Å². The van der Waals surface area contributed by atoms with Crippen LogP contribution in [0.3, 0.4) is 0 Å². The molecule has 5 heteroatoms. The van der Waals surface area contributed by atoms with Crippen molar-refractivity contribution in [3.8, 4) is 5.75 Å². The van der Waals surface area contributed by atoms with Crippen molar-refractivity contribution in [3.63, 3.8) is 0 Å². The zero-order valence-electron chi connectivity index (χ0n) is 13.8. The summed E-state index contributed by atoms with van der Waals surface area (Å²) in [5.74, 6) is 0.0365. The van der Waals surface area contributed by atoms with Crippen LogP contribution in [0.1, 0.15) is 20.3 Å². The molecule has 4 N–H and O–H groups in total. The van der Waals surface area contributed by atoms with Gasteiger partial charge in [0.25, 0.3) is 0 Å². The number of pyridine rings is 1. The van der Waals surface area contributed by atoms with Crippen molar-refractivity contribution in [2.24, 2.45) is 11.7 Å². The zero-order chi connectivity index (χ0) is 17.3. The number of hydrogen-bond donors (Lipinski definition) is 3. The molecule has 0 fully saturated rings. The standard InChI is InChI=1S/C19H21N3O2/c1-11(2)9-14(20)19(24)22-17-8-7-16-13(18(17)23)10-12-5-3-4-6-15(12)21-16/h3-8,10-11,14,23H,9,20H2,1-2H3,(H,22,24)/t14-/m0/s1. The summed E-state index contributed by atoms with van der Waals surface area (Å²) in [5, 5.41) is 14.8. The van der Waals surface area contributed by atoms with E-state index in [0.29, 0.717) is 28.9 Å². The molecule has 1 aromatic heterocycles. The number of phenolic OH excluding ortho intramolecular Hbond substituents is 1. The molecule has 3 rings (SSSR count). The minimum absolute atomic E-state index is 0.0100. The van der Waals surface area contributed by atoms with Crippen LogP contribution in [-0.4, -0.2) is 22.0 Å². The fraction of sp³-hybridized carbons (Fsp3) is 0.263. The van der Waals surface area contributed by atoms with Gasteiger partial charge in [0.2, 0.25) is 5.91 Å². The summed E-state index contributed by atoms with van der Waals surface area (Å²) in [6.45, 7) is 4.02. The van der Waals surface area contributed by atoms with Crippen LogP contribution in [0.5, 0.6) is 5.75 Å². The molecule has 0 bridgehead atoms. The van der Waals surface area contributed by atoms with Crippen molar-refractivity contribution in [3.05, 3.63) is 42.5 Å². The molecule has 0 radical (unpaired) electrons. The third-order valence-electron chi connectivity index (χ3n) is 3.99. The van der Waals surface area contributed by atoms with Gasteiger partial charge in [0.05, 0.1) is 22.8 Å². The van der Waals surface area contributed by atoms with Gasteiger partial charge in [0.1, 0.15) is 5.75 Å². The summed E-state index contributed by atoms with van der Waals surface area (Å²) in [4.78, 5) is 16.7. The molecular formula is C19H21N3O2. The first-order chi connectivity index (χ1) is 11.5. The molecule has 1 atom stereocenters. The fourth-order valence-corrected chi connectivity index (χ4v) is 2.78. The van der Waals surface area contributed by atoms with Crippen molar-refractivity contribution in [1.82, 2.24) is 4.98 Å². The Hall–Kier alpha value is -2.66. The van der Waals surface area contributed by atoms with E-state index in [1.165, 1.54) is 0 Å². The number of anilines is 1. The second kappa shape index (κ2) is 6.45. The second-order valence-corrected chi connectivity index (χ2v) is 6.43. The van der Waals surface area contributed by atoms with Crippen molar-refractivity contribution in [2.75, 3.05) is 5.32 Å². The fourth-order valence-electron chi connectivity index (χ4n) is 2.78. The molecule has 0 unspecified atom stereocenters. The minimum atomic E-state index is -0.602. The average Bonchev–Trinajstić information content (AvgIpc) is 2.55. The molecule has 1 amide bonds. The lowest BCUT2D eigenvalue weighted by Crippen LogP contribution is -2.36. The van der Waals surface area contributed by atoms with Crippen molar-refractivity contribution in [1.29, 1.82) is 0 Å². The summed E-state index contributed by atoms with van der Waals surface area (Å²) < 4.78 is 0. The zero-order valence-corrected chi connectivity index (χ0v) is 13.8. The van der Waals surface area contributed by atoms with E-state index in [1.54, 1.807) is 12.1 Å². The Bertz CT molecular complexity index is 906. The predicted molar refractivity (Wildman–Crippen MR) is 97.0 cm³/mol. The highest BCUT2D eigenvalue weighted by atomic mass is 16.3. The van der Waals surface area contributed by atoms with Crippen LogP contribution >= 0.6 is 0 Å². The maximum absolute atomic E-state index is 12.2. The average molecular weight is 323 g/mol. The molecular weight excluding hydrogens is 302 g/mol. The Labute approximate surface area is 140 Å². The first-order valence-corrected chi connectivity index (χ1v) is 8.03. The first-order valence-electron chi connectivity index (χ1n) is 8.03. The van der Waals surface area contributed by atoms with Crippen LogP contribution in [0.15, 0.2) is 42.5 Å². The van der Waals surface area contributed by atoms with E-state index in [2.05, 4.69) is 10.3 Å². The molecule has 0 spiro atoms. The summed E-state index contributed by atoms with van der Waals surface area (Å²) >= 11 is 0. The highest BCUT2D eigenvalue weighted by molar-refractivity contribution is 6.03. The number of nitrogens with zero attached hydrogens (tertiary/aromatic N) is 1. The maximum Gasteiger partial charge on any atom is 0.241 e. The van der Waals surface area contributed by atoms with E-state index in [1.807, 2.05) is 44.2 Å². The Morgan fingerprint density at radius 1 is 1.21 bits per heavy atom. The van der Waals surface area contributed by atoms with Gasteiger partial charge in [-0.25, -0.2) is 4.98 Å². The molecule has 3 aromatic rings. The maximum atomic E-state index is 12.2.